The number of hydrogen-bond acceptors (Lipinski definition) is 5. The van der Waals surface area contributed by atoms with Gasteiger partial charge in [-0.05, 0) is 26.0 Å². The summed E-state index contributed by atoms with van der Waals surface area (Å²) in [6.45, 7) is 7.24. The van der Waals surface area contributed by atoms with Crippen LogP contribution in [0.3, 0.4) is 0 Å². The average Bonchev–Trinajstić information content (AvgIpc) is 3.05. The van der Waals surface area contributed by atoms with Crippen LogP contribution < -0.4 is 4.90 Å². The average molecular weight is 376 g/mol. The Morgan fingerprint density at radius 1 is 1.04 bits per heavy atom. The van der Waals surface area contributed by atoms with E-state index in [2.05, 4.69) is 32.1 Å². The van der Waals surface area contributed by atoms with Crippen LogP contribution in [0.15, 0.2) is 49.1 Å². The summed E-state index contributed by atoms with van der Waals surface area (Å²) in [5.41, 5.74) is 5.23. The normalized spacial score (nSPS) is 14.4. The molecule has 3 aromatic rings. The maximum absolute atomic E-state index is 12.7. The van der Waals surface area contributed by atoms with E-state index < -0.39 is 0 Å². The van der Waals surface area contributed by atoms with Gasteiger partial charge in [0, 0.05) is 61.1 Å². The number of rotatable bonds is 4. The number of piperazine rings is 1. The fraction of sp³-hybridized carbons (Fsp3) is 0.333. The molecule has 0 spiro atoms. The molecule has 0 bridgehead atoms. The first-order valence-corrected chi connectivity index (χ1v) is 9.50. The standard InChI is InChI=1S/C21H24N6O/c1-16-11-17(2)27(24-16)14-21(28)26-9-7-25(8-10-26)20-6-4-3-5-19(20)18-12-22-15-23-13-18/h3-6,11-13,15H,7-10,14H2,1-2H3. The third kappa shape index (κ3) is 3.74. The molecule has 0 unspecified atom stereocenters. The number of nitrogens with zero attached hydrogens (tertiary/aromatic N) is 6. The van der Waals surface area contributed by atoms with Crippen molar-refractivity contribution >= 4 is 11.6 Å². The second-order valence-electron chi connectivity index (χ2n) is 7.10. The number of aromatic nitrogens is 4. The first-order chi connectivity index (χ1) is 13.6. The van der Waals surface area contributed by atoms with Crippen molar-refractivity contribution in [2.45, 2.75) is 20.4 Å². The van der Waals surface area contributed by atoms with Crippen LogP contribution in [0.2, 0.25) is 0 Å². The highest BCUT2D eigenvalue weighted by molar-refractivity contribution is 5.79. The van der Waals surface area contributed by atoms with Crippen LogP contribution in [-0.4, -0.2) is 56.7 Å². The van der Waals surface area contributed by atoms with E-state index in [0.717, 1.165) is 41.3 Å². The minimum absolute atomic E-state index is 0.121. The first kappa shape index (κ1) is 18.2. The highest BCUT2D eigenvalue weighted by Gasteiger charge is 2.23. The van der Waals surface area contributed by atoms with Gasteiger partial charge in [0.15, 0.2) is 0 Å². The van der Waals surface area contributed by atoms with Crippen LogP contribution in [0.5, 0.6) is 0 Å². The van der Waals surface area contributed by atoms with Gasteiger partial charge in [-0.2, -0.15) is 5.10 Å². The molecule has 4 rings (SSSR count). The number of benzene rings is 1. The fourth-order valence-corrected chi connectivity index (χ4v) is 3.69. The lowest BCUT2D eigenvalue weighted by atomic mass is 10.1. The molecule has 0 saturated carbocycles. The zero-order chi connectivity index (χ0) is 19.5. The lowest BCUT2D eigenvalue weighted by Gasteiger charge is -2.37. The Morgan fingerprint density at radius 2 is 1.75 bits per heavy atom. The zero-order valence-electron chi connectivity index (χ0n) is 16.2. The van der Waals surface area contributed by atoms with Gasteiger partial charge in [-0.1, -0.05) is 18.2 Å². The third-order valence-electron chi connectivity index (χ3n) is 5.14. The van der Waals surface area contributed by atoms with E-state index in [1.54, 1.807) is 11.0 Å². The van der Waals surface area contributed by atoms with Crippen LogP contribution in [-0.2, 0) is 11.3 Å². The van der Waals surface area contributed by atoms with Crippen molar-refractivity contribution in [2.24, 2.45) is 0 Å². The van der Waals surface area contributed by atoms with Crippen molar-refractivity contribution in [3.63, 3.8) is 0 Å². The van der Waals surface area contributed by atoms with Crippen molar-refractivity contribution in [3.8, 4) is 11.1 Å². The number of aryl methyl sites for hydroxylation is 2. The minimum Gasteiger partial charge on any atom is -0.367 e. The second kappa shape index (κ2) is 7.80. The van der Waals surface area contributed by atoms with E-state index in [1.807, 2.05) is 49.3 Å². The molecule has 7 nitrogen and oxygen atoms in total. The van der Waals surface area contributed by atoms with Crippen molar-refractivity contribution < 1.29 is 4.79 Å². The Labute approximate surface area is 164 Å². The summed E-state index contributed by atoms with van der Waals surface area (Å²) in [7, 11) is 0. The summed E-state index contributed by atoms with van der Waals surface area (Å²) in [6.07, 6.45) is 5.21. The number of carbonyl (C=O) groups excluding carboxylic acids is 1. The predicted molar refractivity (Wildman–Crippen MR) is 108 cm³/mol. The minimum atomic E-state index is 0.121. The van der Waals surface area contributed by atoms with E-state index in [1.165, 1.54) is 0 Å². The van der Waals surface area contributed by atoms with Crippen LogP contribution in [0.25, 0.3) is 11.1 Å². The largest absolute Gasteiger partial charge is 0.367 e. The SMILES string of the molecule is Cc1cc(C)n(CC(=O)N2CCN(c3ccccc3-c3cncnc3)CC2)n1. The summed E-state index contributed by atoms with van der Waals surface area (Å²) in [4.78, 5) is 25.2. The molecule has 2 aromatic heterocycles. The maximum atomic E-state index is 12.7. The zero-order valence-corrected chi connectivity index (χ0v) is 16.2. The molecular weight excluding hydrogens is 352 g/mol. The van der Waals surface area contributed by atoms with E-state index >= 15 is 0 Å². The molecule has 0 radical (unpaired) electrons. The molecule has 0 atom stereocenters. The monoisotopic (exact) mass is 376 g/mol. The highest BCUT2D eigenvalue weighted by Crippen LogP contribution is 2.30. The Morgan fingerprint density at radius 3 is 2.43 bits per heavy atom. The van der Waals surface area contributed by atoms with E-state index in [9.17, 15) is 4.79 Å². The van der Waals surface area contributed by atoms with Gasteiger partial charge in [-0.15, -0.1) is 0 Å². The summed E-state index contributed by atoms with van der Waals surface area (Å²) >= 11 is 0. The van der Waals surface area contributed by atoms with Crippen molar-refractivity contribution in [1.29, 1.82) is 0 Å². The van der Waals surface area contributed by atoms with E-state index in [0.29, 0.717) is 19.6 Å². The number of anilines is 1. The molecule has 3 heterocycles. The van der Waals surface area contributed by atoms with Gasteiger partial charge >= 0.3 is 0 Å². The lowest BCUT2D eigenvalue weighted by molar-refractivity contribution is -0.132. The molecule has 1 aliphatic heterocycles. The van der Waals surface area contributed by atoms with Crippen LogP contribution in [0.4, 0.5) is 5.69 Å². The van der Waals surface area contributed by atoms with Gasteiger partial charge in [-0.25, -0.2) is 9.97 Å². The summed E-state index contributed by atoms with van der Waals surface area (Å²) in [6, 6.07) is 10.3. The fourth-order valence-electron chi connectivity index (χ4n) is 3.69. The van der Waals surface area contributed by atoms with Crippen LogP contribution in [0.1, 0.15) is 11.4 Å². The maximum Gasteiger partial charge on any atom is 0.244 e. The second-order valence-corrected chi connectivity index (χ2v) is 7.10. The van der Waals surface area contributed by atoms with E-state index in [-0.39, 0.29) is 5.91 Å². The highest BCUT2D eigenvalue weighted by atomic mass is 16.2. The first-order valence-electron chi connectivity index (χ1n) is 9.50. The van der Waals surface area contributed by atoms with Gasteiger partial charge < -0.3 is 9.80 Å². The molecule has 1 fully saturated rings. The Bertz CT molecular complexity index is 960. The van der Waals surface area contributed by atoms with Crippen molar-refractivity contribution in [2.75, 3.05) is 31.1 Å². The van der Waals surface area contributed by atoms with Crippen molar-refractivity contribution in [3.05, 3.63) is 60.4 Å². The number of hydrogen-bond donors (Lipinski definition) is 0. The van der Waals surface area contributed by atoms with Crippen LogP contribution in [0, 0.1) is 13.8 Å². The topological polar surface area (TPSA) is 67.2 Å². The Hall–Kier alpha value is -3.22. The summed E-state index contributed by atoms with van der Waals surface area (Å²) < 4.78 is 1.79. The predicted octanol–water partition coefficient (Wildman–Crippen LogP) is 2.31. The van der Waals surface area contributed by atoms with Gasteiger partial charge in [-0.3, -0.25) is 9.48 Å². The van der Waals surface area contributed by atoms with Crippen molar-refractivity contribution in [1.82, 2.24) is 24.6 Å². The number of carbonyl (C=O) groups is 1. The van der Waals surface area contributed by atoms with E-state index in [4.69, 9.17) is 0 Å². The molecule has 1 saturated heterocycles. The molecule has 0 aliphatic carbocycles. The lowest BCUT2D eigenvalue weighted by Crippen LogP contribution is -2.49. The molecule has 7 heteroatoms. The summed E-state index contributed by atoms with van der Waals surface area (Å²) in [5, 5.41) is 4.40. The molecular formula is C21H24N6O. The molecule has 1 amide bonds. The third-order valence-corrected chi connectivity index (χ3v) is 5.14. The Kier molecular flexibility index (Phi) is 5.06. The molecule has 1 aromatic carbocycles. The van der Waals surface area contributed by atoms with Crippen LogP contribution >= 0.6 is 0 Å². The van der Waals surface area contributed by atoms with Gasteiger partial charge in [0.05, 0.1) is 5.69 Å². The number of amides is 1. The smallest absolute Gasteiger partial charge is 0.244 e. The molecule has 28 heavy (non-hydrogen) atoms. The molecule has 144 valence electrons. The quantitative estimate of drug-likeness (QED) is 0.699. The van der Waals surface area contributed by atoms with Gasteiger partial charge in [0.2, 0.25) is 5.91 Å². The van der Waals surface area contributed by atoms with Gasteiger partial charge in [0.25, 0.3) is 0 Å². The molecule has 0 N–H and O–H groups in total. The van der Waals surface area contributed by atoms with Gasteiger partial charge in [0.1, 0.15) is 12.9 Å². The molecule has 1 aliphatic rings. The number of para-hydroxylation sites is 1. The summed E-state index contributed by atoms with van der Waals surface area (Å²) in [5.74, 6) is 0.121. The Balaban J connectivity index is 1.44.